The van der Waals surface area contributed by atoms with E-state index < -0.39 is 0 Å². The van der Waals surface area contributed by atoms with Gasteiger partial charge in [-0.1, -0.05) is 31.5 Å². The lowest BCUT2D eigenvalue weighted by molar-refractivity contribution is 0.261. The third-order valence-corrected chi connectivity index (χ3v) is 3.37. The van der Waals surface area contributed by atoms with Gasteiger partial charge in [0.2, 0.25) is 0 Å². The highest BCUT2D eigenvalue weighted by Crippen LogP contribution is 2.23. The molecular formula is C18H28N2O. The van der Waals surface area contributed by atoms with E-state index in [1.807, 2.05) is 19.9 Å². The molecule has 3 heteroatoms. The number of hydrogen-bond donors (Lipinski definition) is 1. The third-order valence-electron chi connectivity index (χ3n) is 3.37. The molecule has 3 nitrogen and oxygen atoms in total. The minimum absolute atomic E-state index is 0.333. The molecule has 116 valence electrons. The Balaban J connectivity index is 2.62. The van der Waals surface area contributed by atoms with Gasteiger partial charge < -0.3 is 10.1 Å². The Morgan fingerprint density at radius 1 is 1.33 bits per heavy atom. The fourth-order valence-corrected chi connectivity index (χ4v) is 1.95. The van der Waals surface area contributed by atoms with Crippen molar-refractivity contribution >= 4 is 0 Å². The summed E-state index contributed by atoms with van der Waals surface area (Å²) >= 11 is 0. The van der Waals surface area contributed by atoms with Gasteiger partial charge in [-0.15, -0.1) is 0 Å². The summed E-state index contributed by atoms with van der Waals surface area (Å²) in [5.41, 5.74) is 2.09. The molecule has 0 heterocycles. The lowest BCUT2D eigenvalue weighted by Crippen LogP contribution is -2.20. The van der Waals surface area contributed by atoms with Crippen LogP contribution in [0.3, 0.4) is 0 Å². The van der Waals surface area contributed by atoms with E-state index >= 15 is 0 Å². The number of rotatable bonds is 8. The topological polar surface area (TPSA) is 45.0 Å². The van der Waals surface area contributed by atoms with E-state index in [-0.39, 0.29) is 5.41 Å². The highest BCUT2D eigenvalue weighted by Gasteiger charge is 2.16. The average molecular weight is 288 g/mol. The van der Waals surface area contributed by atoms with Crippen LogP contribution in [0.4, 0.5) is 0 Å². The first-order valence-corrected chi connectivity index (χ1v) is 7.68. The van der Waals surface area contributed by atoms with Crippen molar-refractivity contribution in [2.45, 2.75) is 47.6 Å². The molecule has 0 unspecified atom stereocenters. The van der Waals surface area contributed by atoms with Crippen LogP contribution >= 0.6 is 0 Å². The number of hydrogen-bond acceptors (Lipinski definition) is 3. The molecule has 0 amide bonds. The lowest BCUT2D eigenvalue weighted by atomic mass is 9.92. The van der Waals surface area contributed by atoms with Crippen LogP contribution in [0.25, 0.3) is 0 Å². The standard InChI is InChI=1S/C18H28N2O/c1-14(2)11-20-12-16-10-15(3)6-7-17(16)21-9-8-18(4,5)13-19/h6-7,10,14,20H,8-9,11-12H2,1-5H3. The lowest BCUT2D eigenvalue weighted by Gasteiger charge is -2.17. The Bertz CT molecular complexity index is 486. The summed E-state index contributed by atoms with van der Waals surface area (Å²) in [6, 6.07) is 8.57. The Morgan fingerprint density at radius 2 is 2.05 bits per heavy atom. The van der Waals surface area contributed by atoms with Crippen molar-refractivity contribution in [3.8, 4) is 11.8 Å². The quantitative estimate of drug-likeness (QED) is 0.784. The van der Waals surface area contributed by atoms with E-state index in [2.05, 4.69) is 44.3 Å². The van der Waals surface area contributed by atoms with Gasteiger partial charge in [0.25, 0.3) is 0 Å². The molecule has 0 atom stereocenters. The normalized spacial score (nSPS) is 11.5. The Hall–Kier alpha value is -1.53. The first kappa shape index (κ1) is 17.5. The summed E-state index contributed by atoms with van der Waals surface area (Å²) in [4.78, 5) is 0. The largest absolute Gasteiger partial charge is 0.493 e. The maximum atomic E-state index is 9.03. The van der Waals surface area contributed by atoms with E-state index in [9.17, 15) is 0 Å². The predicted octanol–water partition coefficient (Wildman–Crippen LogP) is 4.06. The van der Waals surface area contributed by atoms with Gasteiger partial charge in [0.05, 0.1) is 18.1 Å². The van der Waals surface area contributed by atoms with E-state index in [0.717, 1.165) is 25.3 Å². The molecule has 0 spiro atoms. The van der Waals surface area contributed by atoms with Crippen LogP contribution in [0.5, 0.6) is 5.75 Å². The minimum atomic E-state index is -0.333. The zero-order chi connectivity index (χ0) is 15.9. The van der Waals surface area contributed by atoms with Crippen molar-refractivity contribution in [3.05, 3.63) is 29.3 Å². The number of aryl methyl sites for hydroxylation is 1. The fraction of sp³-hybridized carbons (Fsp3) is 0.611. The average Bonchev–Trinajstić information content (AvgIpc) is 2.40. The van der Waals surface area contributed by atoms with Crippen LogP contribution in [-0.4, -0.2) is 13.2 Å². The number of benzene rings is 1. The molecule has 0 radical (unpaired) electrons. The van der Waals surface area contributed by atoms with Gasteiger partial charge in [-0.05, 0) is 45.7 Å². The second kappa shape index (κ2) is 8.05. The van der Waals surface area contributed by atoms with Crippen molar-refractivity contribution in [2.24, 2.45) is 11.3 Å². The fourth-order valence-electron chi connectivity index (χ4n) is 1.95. The van der Waals surface area contributed by atoms with Crippen molar-refractivity contribution in [1.29, 1.82) is 5.26 Å². The maximum absolute atomic E-state index is 9.03. The van der Waals surface area contributed by atoms with Gasteiger partial charge in [-0.2, -0.15) is 5.26 Å². The first-order valence-electron chi connectivity index (χ1n) is 7.68. The van der Waals surface area contributed by atoms with Crippen molar-refractivity contribution in [1.82, 2.24) is 5.32 Å². The SMILES string of the molecule is Cc1ccc(OCCC(C)(C)C#N)c(CNCC(C)C)c1. The monoisotopic (exact) mass is 288 g/mol. The summed E-state index contributed by atoms with van der Waals surface area (Å²) < 4.78 is 5.90. The Kier molecular flexibility index (Phi) is 6.71. The Morgan fingerprint density at radius 3 is 2.67 bits per heavy atom. The molecule has 1 rings (SSSR count). The zero-order valence-corrected chi connectivity index (χ0v) is 14.0. The van der Waals surface area contributed by atoms with Crippen molar-refractivity contribution < 1.29 is 4.74 Å². The molecular weight excluding hydrogens is 260 g/mol. The smallest absolute Gasteiger partial charge is 0.123 e. The molecule has 1 aromatic rings. The molecule has 1 N–H and O–H groups in total. The third kappa shape index (κ3) is 6.64. The van der Waals surface area contributed by atoms with Crippen LogP contribution in [0, 0.1) is 29.6 Å². The van der Waals surface area contributed by atoms with Gasteiger partial charge >= 0.3 is 0 Å². The van der Waals surface area contributed by atoms with Gasteiger partial charge in [0, 0.05) is 12.1 Å². The van der Waals surface area contributed by atoms with E-state index in [1.54, 1.807) is 0 Å². The van der Waals surface area contributed by atoms with E-state index in [1.165, 1.54) is 11.1 Å². The van der Waals surface area contributed by atoms with Gasteiger partial charge in [0.1, 0.15) is 5.75 Å². The molecule has 0 saturated heterocycles. The molecule has 0 aromatic heterocycles. The highest BCUT2D eigenvalue weighted by atomic mass is 16.5. The molecule has 21 heavy (non-hydrogen) atoms. The first-order chi connectivity index (χ1) is 9.84. The molecule has 0 fully saturated rings. The van der Waals surface area contributed by atoms with Crippen LogP contribution in [0.2, 0.25) is 0 Å². The molecule has 0 saturated carbocycles. The second-order valence-corrected chi connectivity index (χ2v) is 6.73. The molecule has 0 aliphatic rings. The number of nitrogens with one attached hydrogen (secondary N) is 1. The number of nitrogens with zero attached hydrogens (tertiary/aromatic N) is 1. The Labute approximate surface area is 129 Å². The van der Waals surface area contributed by atoms with Crippen LogP contribution in [0.15, 0.2) is 18.2 Å². The molecule has 1 aromatic carbocycles. The number of ether oxygens (including phenoxy) is 1. The van der Waals surface area contributed by atoms with Crippen LogP contribution in [-0.2, 0) is 6.54 Å². The van der Waals surface area contributed by atoms with Crippen molar-refractivity contribution in [2.75, 3.05) is 13.2 Å². The van der Waals surface area contributed by atoms with Gasteiger partial charge in [-0.3, -0.25) is 0 Å². The summed E-state index contributed by atoms with van der Waals surface area (Å²) in [6.07, 6.45) is 0.732. The molecule has 0 aliphatic carbocycles. The number of nitriles is 1. The van der Waals surface area contributed by atoms with Gasteiger partial charge in [0.15, 0.2) is 0 Å². The summed E-state index contributed by atoms with van der Waals surface area (Å²) in [5.74, 6) is 1.56. The highest BCUT2D eigenvalue weighted by molar-refractivity contribution is 5.36. The predicted molar refractivity (Wildman–Crippen MR) is 87.2 cm³/mol. The summed E-state index contributed by atoms with van der Waals surface area (Å²) in [5, 5.41) is 12.5. The summed E-state index contributed by atoms with van der Waals surface area (Å²) in [7, 11) is 0. The van der Waals surface area contributed by atoms with Gasteiger partial charge in [-0.25, -0.2) is 0 Å². The maximum Gasteiger partial charge on any atom is 0.123 e. The van der Waals surface area contributed by atoms with Crippen molar-refractivity contribution in [3.63, 3.8) is 0 Å². The molecule has 0 aliphatic heterocycles. The van der Waals surface area contributed by atoms with Crippen LogP contribution in [0.1, 0.15) is 45.2 Å². The van der Waals surface area contributed by atoms with E-state index in [4.69, 9.17) is 10.00 Å². The summed E-state index contributed by atoms with van der Waals surface area (Å²) in [6.45, 7) is 12.8. The zero-order valence-electron chi connectivity index (χ0n) is 14.0. The second-order valence-electron chi connectivity index (χ2n) is 6.73. The van der Waals surface area contributed by atoms with E-state index in [0.29, 0.717) is 12.5 Å². The molecule has 0 bridgehead atoms. The minimum Gasteiger partial charge on any atom is -0.493 e. The van der Waals surface area contributed by atoms with Crippen LogP contribution < -0.4 is 10.1 Å².